The molecule has 0 aliphatic carbocycles. The summed E-state index contributed by atoms with van der Waals surface area (Å²) in [5.41, 5.74) is -0.521. The van der Waals surface area contributed by atoms with Gasteiger partial charge >= 0.3 is 0 Å². The molecule has 0 radical (unpaired) electrons. The van der Waals surface area contributed by atoms with Gasteiger partial charge in [-0.3, -0.25) is 14.4 Å². The molecular weight excluding hydrogens is 426 g/mol. The molecule has 4 rings (SSSR count). The van der Waals surface area contributed by atoms with E-state index < -0.39 is 35.6 Å². The van der Waals surface area contributed by atoms with Crippen LogP contribution in [0.1, 0.15) is 33.1 Å². The number of nitrogens with zero attached hydrogens (tertiary/aromatic N) is 1. The zero-order valence-electron chi connectivity index (χ0n) is 19.5. The van der Waals surface area contributed by atoms with E-state index in [2.05, 4.69) is 10.6 Å². The number of hydrogen-bond acceptors (Lipinski definition) is 6. The van der Waals surface area contributed by atoms with E-state index in [0.29, 0.717) is 30.7 Å². The highest BCUT2D eigenvalue weighted by Gasteiger charge is 2.75. The minimum absolute atomic E-state index is 0.199. The van der Waals surface area contributed by atoms with Gasteiger partial charge in [0.15, 0.2) is 0 Å². The predicted molar refractivity (Wildman–Crippen MR) is 120 cm³/mol. The molecule has 3 saturated heterocycles. The van der Waals surface area contributed by atoms with Crippen molar-refractivity contribution in [2.24, 2.45) is 17.8 Å². The molecule has 9 nitrogen and oxygen atoms in total. The zero-order valence-corrected chi connectivity index (χ0v) is 19.5. The Kier molecular flexibility index (Phi) is 6.37. The summed E-state index contributed by atoms with van der Waals surface area (Å²) in [4.78, 5) is 41.7. The average molecular weight is 460 g/mol. The minimum Gasteiger partial charge on any atom is -0.497 e. The largest absolute Gasteiger partial charge is 0.497 e. The number of aliphatic hydroxyl groups excluding tert-OH is 1. The van der Waals surface area contributed by atoms with Crippen LogP contribution in [-0.2, 0) is 19.1 Å². The fourth-order valence-corrected chi connectivity index (χ4v) is 5.96. The van der Waals surface area contributed by atoms with Crippen LogP contribution in [0, 0.1) is 17.8 Å². The molecule has 9 heteroatoms. The summed E-state index contributed by atoms with van der Waals surface area (Å²) in [6.45, 7) is 3.74. The van der Waals surface area contributed by atoms with Crippen molar-refractivity contribution in [1.29, 1.82) is 0 Å². The maximum atomic E-state index is 13.8. The van der Waals surface area contributed by atoms with Crippen LogP contribution in [0.5, 0.6) is 5.75 Å². The molecule has 2 unspecified atom stereocenters. The lowest BCUT2D eigenvalue weighted by Gasteiger charge is -2.37. The van der Waals surface area contributed by atoms with Crippen molar-refractivity contribution >= 4 is 23.4 Å². The predicted octanol–water partition coefficient (Wildman–Crippen LogP) is 1.16. The van der Waals surface area contributed by atoms with Crippen molar-refractivity contribution in [3.8, 4) is 5.75 Å². The number of fused-ring (bicyclic) bond motifs is 1. The topological polar surface area (TPSA) is 117 Å². The van der Waals surface area contributed by atoms with Gasteiger partial charge in [-0.05, 0) is 49.4 Å². The normalized spacial score (nSPS) is 31.0. The Balaban J connectivity index is 1.72. The third-order valence-corrected chi connectivity index (χ3v) is 7.24. The molecular formula is C24H33N3O6. The van der Waals surface area contributed by atoms with E-state index in [-0.39, 0.29) is 30.2 Å². The molecule has 180 valence electrons. The third kappa shape index (κ3) is 3.77. The second kappa shape index (κ2) is 8.95. The van der Waals surface area contributed by atoms with Crippen LogP contribution in [0.2, 0.25) is 0 Å². The number of benzene rings is 1. The SMILES string of the molecule is CNC(=O)[C@@H]1[C@@H]2CCC3(O2)C(C(=O)Nc2ccc(OC)cc2)N([C@@H](CO)CC(C)C)C(=O)[C@H]13. The smallest absolute Gasteiger partial charge is 0.250 e. The number of amides is 3. The van der Waals surface area contributed by atoms with Gasteiger partial charge in [0, 0.05) is 12.7 Å². The van der Waals surface area contributed by atoms with Crippen molar-refractivity contribution in [2.75, 3.05) is 26.1 Å². The summed E-state index contributed by atoms with van der Waals surface area (Å²) >= 11 is 0. The Morgan fingerprint density at radius 1 is 1.27 bits per heavy atom. The van der Waals surface area contributed by atoms with E-state index in [4.69, 9.17) is 9.47 Å². The van der Waals surface area contributed by atoms with Crippen LogP contribution < -0.4 is 15.4 Å². The van der Waals surface area contributed by atoms with Crippen LogP contribution in [0.4, 0.5) is 5.69 Å². The number of ether oxygens (including phenoxy) is 2. The Morgan fingerprint density at radius 3 is 2.55 bits per heavy atom. The molecule has 1 spiro atoms. The summed E-state index contributed by atoms with van der Waals surface area (Å²) < 4.78 is 11.5. The van der Waals surface area contributed by atoms with Crippen molar-refractivity contribution in [3.63, 3.8) is 0 Å². The minimum atomic E-state index is -1.08. The first-order valence-electron chi connectivity index (χ1n) is 11.5. The number of hydrogen-bond donors (Lipinski definition) is 3. The average Bonchev–Trinajstić information content (AvgIpc) is 3.44. The monoisotopic (exact) mass is 459 g/mol. The van der Waals surface area contributed by atoms with Crippen LogP contribution in [0.3, 0.4) is 0 Å². The van der Waals surface area contributed by atoms with E-state index in [1.54, 1.807) is 38.4 Å². The van der Waals surface area contributed by atoms with Crippen LogP contribution in [0.25, 0.3) is 0 Å². The quantitative estimate of drug-likeness (QED) is 0.537. The van der Waals surface area contributed by atoms with Crippen molar-refractivity contribution in [2.45, 2.75) is 56.9 Å². The molecule has 2 bridgehead atoms. The summed E-state index contributed by atoms with van der Waals surface area (Å²) in [5, 5.41) is 15.8. The summed E-state index contributed by atoms with van der Waals surface area (Å²) in [7, 11) is 3.11. The highest BCUT2D eigenvalue weighted by molar-refractivity contribution is 6.03. The van der Waals surface area contributed by atoms with E-state index in [9.17, 15) is 19.5 Å². The molecule has 33 heavy (non-hydrogen) atoms. The van der Waals surface area contributed by atoms with Crippen LogP contribution >= 0.6 is 0 Å². The summed E-state index contributed by atoms with van der Waals surface area (Å²) in [5.74, 6) is -1.45. The molecule has 3 N–H and O–H groups in total. The lowest BCUT2D eigenvalue weighted by atomic mass is 9.70. The van der Waals surface area contributed by atoms with Gasteiger partial charge in [0.2, 0.25) is 17.7 Å². The van der Waals surface area contributed by atoms with Gasteiger partial charge in [-0.25, -0.2) is 0 Å². The lowest BCUT2D eigenvalue weighted by Crippen LogP contribution is -2.56. The highest BCUT2D eigenvalue weighted by Crippen LogP contribution is 2.59. The molecule has 0 saturated carbocycles. The second-order valence-corrected chi connectivity index (χ2v) is 9.60. The highest BCUT2D eigenvalue weighted by atomic mass is 16.5. The molecule has 3 aliphatic rings. The summed E-state index contributed by atoms with van der Waals surface area (Å²) in [6.07, 6.45) is 1.26. The van der Waals surface area contributed by atoms with E-state index in [0.717, 1.165) is 0 Å². The molecule has 1 aromatic carbocycles. The first kappa shape index (κ1) is 23.5. The Bertz CT molecular complexity index is 919. The first-order chi connectivity index (χ1) is 15.8. The van der Waals surface area contributed by atoms with Crippen molar-refractivity contribution < 1.29 is 29.0 Å². The van der Waals surface area contributed by atoms with E-state index in [1.807, 2.05) is 13.8 Å². The van der Waals surface area contributed by atoms with Gasteiger partial charge in [0.05, 0.1) is 37.7 Å². The summed E-state index contributed by atoms with van der Waals surface area (Å²) in [6, 6.07) is 5.45. The number of carbonyl (C=O) groups excluding carboxylic acids is 3. The van der Waals surface area contributed by atoms with Gasteiger partial charge in [-0.2, -0.15) is 0 Å². The molecule has 3 amide bonds. The molecule has 3 aliphatic heterocycles. The van der Waals surface area contributed by atoms with E-state index >= 15 is 0 Å². The van der Waals surface area contributed by atoms with Gasteiger partial charge in [-0.15, -0.1) is 0 Å². The standard InChI is InChI=1S/C24H33N3O6/c1-13(2)11-15(12-28)27-20(22(30)26-14-5-7-16(32-4)8-6-14)24-10-9-17(33-24)18(21(29)25-3)19(24)23(27)31/h5-8,13,15,17-20,28H,9-12H2,1-4H3,(H,25,29)(H,26,30)/t15-,17+,18-,19+,20?,24?/m1/s1. The fraction of sp³-hybridized carbons (Fsp3) is 0.625. The van der Waals surface area contributed by atoms with Crippen molar-refractivity contribution in [3.05, 3.63) is 24.3 Å². The maximum Gasteiger partial charge on any atom is 0.250 e. The Morgan fingerprint density at radius 2 is 1.97 bits per heavy atom. The maximum absolute atomic E-state index is 13.8. The first-order valence-corrected chi connectivity index (χ1v) is 11.5. The number of anilines is 1. The number of carbonyl (C=O) groups is 3. The van der Waals surface area contributed by atoms with Crippen molar-refractivity contribution in [1.82, 2.24) is 10.2 Å². The molecule has 3 heterocycles. The number of aliphatic hydroxyl groups is 1. The van der Waals surface area contributed by atoms with Crippen LogP contribution in [-0.4, -0.2) is 72.3 Å². The van der Waals surface area contributed by atoms with Gasteiger partial charge in [-0.1, -0.05) is 13.8 Å². The number of rotatable bonds is 8. The van der Waals surface area contributed by atoms with Crippen LogP contribution in [0.15, 0.2) is 24.3 Å². The fourth-order valence-electron chi connectivity index (χ4n) is 5.96. The lowest BCUT2D eigenvalue weighted by molar-refractivity contribution is -0.144. The van der Waals surface area contributed by atoms with Gasteiger partial charge in [0.1, 0.15) is 17.4 Å². The molecule has 3 fully saturated rings. The second-order valence-electron chi connectivity index (χ2n) is 9.60. The van der Waals surface area contributed by atoms with E-state index in [1.165, 1.54) is 4.90 Å². The third-order valence-electron chi connectivity index (χ3n) is 7.24. The molecule has 0 aromatic heterocycles. The molecule has 6 atom stereocenters. The Labute approximate surface area is 193 Å². The number of likely N-dealkylation sites (tertiary alicyclic amines) is 1. The zero-order chi connectivity index (χ0) is 23.9. The molecule has 1 aromatic rings. The van der Waals surface area contributed by atoms with Gasteiger partial charge in [0.25, 0.3) is 0 Å². The number of methoxy groups -OCH3 is 1. The van der Waals surface area contributed by atoms with Gasteiger partial charge < -0.3 is 30.1 Å². The number of nitrogens with one attached hydrogen (secondary N) is 2. The Hall–Kier alpha value is -2.65.